The van der Waals surface area contributed by atoms with E-state index in [1.54, 1.807) is 6.07 Å². The van der Waals surface area contributed by atoms with Crippen LogP contribution in [-0.2, 0) is 18.4 Å². The van der Waals surface area contributed by atoms with Crippen molar-refractivity contribution in [3.63, 3.8) is 0 Å². The average molecular weight is 592 g/mol. The zero-order chi connectivity index (χ0) is 29.9. The summed E-state index contributed by atoms with van der Waals surface area (Å²) in [6.45, 7) is -0.582. The van der Waals surface area contributed by atoms with Crippen LogP contribution in [0.1, 0.15) is 43.0 Å². The summed E-state index contributed by atoms with van der Waals surface area (Å²) in [4.78, 5) is 40.0. The van der Waals surface area contributed by atoms with Crippen molar-refractivity contribution in [2.24, 2.45) is 0 Å². The molecule has 5 rings (SSSR count). The Morgan fingerprint density at radius 2 is 1.88 bits per heavy atom. The number of hydrogen-bond acceptors (Lipinski definition) is 5. The van der Waals surface area contributed by atoms with Crippen LogP contribution < -0.4 is 16.0 Å². The van der Waals surface area contributed by atoms with E-state index in [9.17, 15) is 41.4 Å². The van der Waals surface area contributed by atoms with Crippen LogP contribution in [0.5, 0.6) is 0 Å². The van der Waals surface area contributed by atoms with Crippen LogP contribution >= 0.6 is 11.6 Å². The quantitative estimate of drug-likeness (QED) is 0.258. The Balaban J connectivity index is 1.70. The van der Waals surface area contributed by atoms with Crippen molar-refractivity contribution >= 4 is 40.8 Å². The number of nitriles is 1. The summed E-state index contributed by atoms with van der Waals surface area (Å²) >= 11 is 6.17. The number of rotatable bonds is 4. The van der Waals surface area contributed by atoms with E-state index in [1.165, 1.54) is 6.07 Å². The van der Waals surface area contributed by atoms with Gasteiger partial charge in [-0.1, -0.05) is 11.6 Å². The normalized spacial score (nSPS) is 17.8. The number of nitrogens with zero attached hydrogens (tertiary/aromatic N) is 2. The molecule has 2 heterocycles. The minimum Gasteiger partial charge on any atom is -0.363 e. The van der Waals surface area contributed by atoms with Crippen molar-refractivity contribution < 1.29 is 41.4 Å². The molecule has 3 aromatic rings. The van der Waals surface area contributed by atoms with Gasteiger partial charge in [-0.25, -0.2) is 13.6 Å². The Bertz CT molecular complexity index is 1710. The van der Waals surface area contributed by atoms with Crippen molar-refractivity contribution in [3.05, 3.63) is 92.5 Å². The highest BCUT2D eigenvalue weighted by atomic mass is 35.5. The van der Waals surface area contributed by atoms with E-state index in [2.05, 4.69) is 16.0 Å². The first-order valence-corrected chi connectivity index (χ1v) is 11.9. The third-order valence-electron chi connectivity index (χ3n) is 6.49. The van der Waals surface area contributed by atoms with Crippen LogP contribution in [0.25, 0.3) is 0 Å². The molecule has 9 nitrogen and oxygen atoms in total. The number of nitrogens with one attached hydrogen (secondary N) is 3. The van der Waals surface area contributed by atoms with E-state index in [0.29, 0.717) is 12.1 Å². The molecule has 0 fully saturated rings. The molecule has 4 N–H and O–H groups in total. The molecule has 2 aliphatic heterocycles. The van der Waals surface area contributed by atoms with Crippen molar-refractivity contribution in [3.8, 4) is 6.07 Å². The number of alkyl halides is 3. The number of urea groups is 1. The molecule has 0 aliphatic carbocycles. The molecule has 1 atom stereocenters. The van der Waals surface area contributed by atoms with Gasteiger partial charge >= 0.3 is 12.2 Å². The van der Waals surface area contributed by atoms with Gasteiger partial charge in [0.2, 0.25) is 0 Å². The van der Waals surface area contributed by atoms with Gasteiger partial charge in [-0.3, -0.25) is 9.59 Å². The lowest BCUT2D eigenvalue weighted by Gasteiger charge is -2.31. The Labute approximate surface area is 232 Å². The zero-order valence-corrected chi connectivity index (χ0v) is 21.0. The van der Waals surface area contributed by atoms with Crippen LogP contribution in [0.3, 0.4) is 0 Å². The SMILES string of the molecule is N#CCN1Cc2cc(NC(=O)c3cc(F)cc(C(F)(F)F)c3)c3c(c2NC1=O)C(=O)NC3(O)c1ccc(F)cc1Cl. The fourth-order valence-electron chi connectivity index (χ4n) is 4.74. The predicted molar refractivity (Wildman–Crippen MR) is 133 cm³/mol. The summed E-state index contributed by atoms with van der Waals surface area (Å²) in [6.07, 6.45) is -4.97. The number of anilines is 2. The molecule has 15 heteroatoms. The highest BCUT2D eigenvalue weighted by Gasteiger charge is 2.49. The molecule has 210 valence electrons. The number of halogens is 6. The Morgan fingerprint density at radius 1 is 1.15 bits per heavy atom. The molecular weight excluding hydrogens is 577 g/mol. The van der Waals surface area contributed by atoms with Crippen LogP contribution in [0, 0.1) is 23.0 Å². The van der Waals surface area contributed by atoms with Gasteiger partial charge in [0.05, 0.1) is 40.1 Å². The highest BCUT2D eigenvalue weighted by molar-refractivity contribution is 6.31. The van der Waals surface area contributed by atoms with Crippen LogP contribution in [0.2, 0.25) is 5.02 Å². The molecule has 0 bridgehead atoms. The molecule has 4 amide bonds. The third kappa shape index (κ3) is 4.79. The first-order valence-electron chi connectivity index (χ1n) is 11.6. The van der Waals surface area contributed by atoms with Crippen molar-refractivity contribution in [1.29, 1.82) is 5.26 Å². The zero-order valence-electron chi connectivity index (χ0n) is 20.3. The second-order valence-corrected chi connectivity index (χ2v) is 9.53. The number of aliphatic hydroxyl groups is 1. The Morgan fingerprint density at radius 3 is 2.54 bits per heavy atom. The van der Waals surface area contributed by atoms with Crippen LogP contribution in [0.15, 0.2) is 42.5 Å². The van der Waals surface area contributed by atoms with Gasteiger partial charge in [0.1, 0.15) is 18.2 Å². The number of carbonyl (C=O) groups excluding carboxylic acids is 3. The molecular formula is C26H15ClF5N5O4. The summed E-state index contributed by atoms with van der Waals surface area (Å²) in [7, 11) is 0. The van der Waals surface area contributed by atoms with Gasteiger partial charge < -0.3 is 26.0 Å². The maximum Gasteiger partial charge on any atom is 0.416 e. The minimum absolute atomic E-state index is 0.0750. The maximum absolute atomic E-state index is 14.0. The van der Waals surface area contributed by atoms with Gasteiger partial charge in [-0.15, -0.1) is 0 Å². The number of fused-ring (bicyclic) bond motifs is 3. The van der Waals surface area contributed by atoms with E-state index >= 15 is 0 Å². The van der Waals surface area contributed by atoms with Crippen molar-refractivity contribution in [2.75, 3.05) is 17.2 Å². The Hall–Kier alpha value is -4.74. The lowest BCUT2D eigenvalue weighted by molar-refractivity contribution is -0.137. The van der Waals surface area contributed by atoms with Crippen molar-refractivity contribution in [1.82, 2.24) is 10.2 Å². The third-order valence-corrected chi connectivity index (χ3v) is 6.80. The standard InChI is InChI=1S/C26H15ClF5N5O4/c27-17-9-14(28)1-2-16(17)25(41)20-18(34-22(38)11-5-13(26(30,31)32)8-15(29)6-11)7-12-10-37(4-3-33)24(40)35-21(12)19(20)23(39)36-25/h1-2,5-9,41H,4,10H2,(H,34,38)(H,35,40)(H,36,39). The summed E-state index contributed by atoms with van der Waals surface area (Å²) in [6, 6.07) is 6.31. The molecule has 1 unspecified atom stereocenters. The molecule has 41 heavy (non-hydrogen) atoms. The fourth-order valence-corrected chi connectivity index (χ4v) is 5.04. The fraction of sp³-hybridized carbons (Fsp3) is 0.154. The van der Waals surface area contributed by atoms with Crippen LogP contribution in [-0.4, -0.2) is 34.4 Å². The molecule has 0 aromatic heterocycles. The summed E-state index contributed by atoms with van der Waals surface area (Å²) in [5, 5.41) is 27.5. The predicted octanol–water partition coefficient (Wildman–Crippen LogP) is 4.70. The summed E-state index contributed by atoms with van der Waals surface area (Å²) in [5.74, 6) is -4.31. The summed E-state index contributed by atoms with van der Waals surface area (Å²) in [5.41, 5.74) is -5.84. The second-order valence-electron chi connectivity index (χ2n) is 9.12. The lowest BCUT2D eigenvalue weighted by atomic mass is 9.89. The molecule has 0 saturated carbocycles. The Kier molecular flexibility index (Phi) is 6.59. The molecule has 0 saturated heterocycles. The van der Waals surface area contributed by atoms with Gasteiger partial charge in [0, 0.05) is 16.7 Å². The first kappa shape index (κ1) is 27.8. The molecule has 0 radical (unpaired) electrons. The van der Waals surface area contributed by atoms with E-state index in [0.717, 1.165) is 23.1 Å². The van der Waals surface area contributed by atoms with Gasteiger partial charge in [0.25, 0.3) is 11.8 Å². The summed E-state index contributed by atoms with van der Waals surface area (Å²) < 4.78 is 67.6. The lowest BCUT2D eigenvalue weighted by Crippen LogP contribution is -2.41. The topological polar surface area (TPSA) is 135 Å². The number of benzene rings is 3. The number of amides is 4. The van der Waals surface area contributed by atoms with Gasteiger partial charge in [-0.05, 0) is 48.0 Å². The van der Waals surface area contributed by atoms with E-state index in [1.807, 2.05) is 0 Å². The maximum atomic E-state index is 14.0. The van der Waals surface area contributed by atoms with E-state index in [4.69, 9.17) is 16.9 Å². The van der Waals surface area contributed by atoms with Crippen molar-refractivity contribution in [2.45, 2.75) is 18.4 Å². The number of hydrogen-bond donors (Lipinski definition) is 4. The largest absolute Gasteiger partial charge is 0.416 e. The number of carbonyl (C=O) groups is 3. The van der Waals surface area contributed by atoms with Crippen LogP contribution in [0.4, 0.5) is 38.1 Å². The molecule has 3 aromatic carbocycles. The van der Waals surface area contributed by atoms with Gasteiger partial charge in [-0.2, -0.15) is 18.4 Å². The first-order chi connectivity index (χ1) is 19.2. The average Bonchev–Trinajstić information content (AvgIpc) is 3.15. The monoisotopic (exact) mass is 591 g/mol. The highest BCUT2D eigenvalue weighted by Crippen LogP contribution is 2.47. The molecule has 2 aliphatic rings. The van der Waals surface area contributed by atoms with E-state index < -0.39 is 52.5 Å². The molecule has 0 spiro atoms. The minimum atomic E-state index is -4.97. The second kappa shape index (κ2) is 9.72. The van der Waals surface area contributed by atoms with Gasteiger partial charge in [0.15, 0.2) is 5.72 Å². The smallest absolute Gasteiger partial charge is 0.363 e. The van der Waals surface area contributed by atoms with E-state index in [-0.39, 0.29) is 57.8 Å².